The fourth-order valence-electron chi connectivity index (χ4n) is 1.76. The Hall–Kier alpha value is -0.830. The highest BCUT2D eigenvalue weighted by Gasteiger charge is 2.11. The average Bonchev–Trinajstić information content (AvgIpc) is 2.68. The van der Waals surface area contributed by atoms with Crippen LogP contribution in [-0.4, -0.2) is 0 Å². The van der Waals surface area contributed by atoms with Gasteiger partial charge < -0.3 is 5.73 Å². The highest BCUT2D eigenvalue weighted by Crippen LogP contribution is 2.25. The average molecular weight is 252 g/mol. The maximum atomic E-state index is 6.19. The quantitative estimate of drug-likeness (QED) is 0.878. The molecule has 3 heteroatoms. The van der Waals surface area contributed by atoms with Gasteiger partial charge in [-0.15, -0.1) is 0 Å². The fraction of sp³-hybridized carbons (Fsp3) is 0.231. The third-order valence-corrected chi connectivity index (χ3v) is 3.94. The van der Waals surface area contributed by atoms with Gasteiger partial charge in [-0.3, -0.25) is 0 Å². The minimum atomic E-state index is 0.0335. The van der Waals surface area contributed by atoms with Gasteiger partial charge in [0.05, 0.1) is 0 Å². The van der Waals surface area contributed by atoms with Crippen molar-refractivity contribution in [3.63, 3.8) is 0 Å². The zero-order valence-corrected chi connectivity index (χ0v) is 10.7. The van der Waals surface area contributed by atoms with E-state index >= 15 is 0 Å². The summed E-state index contributed by atoms with van der Waals surface area (Å²) >= 11 is 7.81. The maximum Gasteiger partial charge on any atom is 0.0438 e. The van der Waals surface area contributed by atoms with Crippen LogP contribution in [0.5, 0.6) is 0 Å². The molecule has 0 aliphatic heterocycles. The smallest absolute Gasteiger partial charge is 0.0438 e. The van der Waals surface area contributed by atoms with Crippen LogP contribution in [0.1, 0.15) is 22.7 Å². The molecule has 0 aliphatic carbocycles. The Balaban J connectivity index is 2.17. The van der Waals surface area contributed by atoms with Crippen LogP contribution in [0.4, 0.5) is 0 Å². The fourth-order valence-corrected chi connectivity index (χ4v) is 2.89. The summed E-state index contributed by atoms with van der Waals surface area (Å²) in [6.45, 7) is 2.10. The van der Waals surface area contributed by atoms with Crippen molar-refractivity contribution in [2.45, 2.75) is 19.4 Å². The summed E-state index contributed by atoms with van der Waals surface area (Å²) in [5.41, 5.74) is 9.80. The summed E-state index contributed by atoms with van der Waals surface area (Å²) in [5.74, 6) is 0. The first-order valence-electron chi connectivity index (χ1n) is 5.20. The predicted molar refractivity (Wildman–Crippen MR) is 71.1 cm³/mol. The van der Waals surface area contributed by atoms with Crippen molar-refractivity contribution in [1.29, 1.82) is 0 Å². The third kappa shape index (κ3) is 2.46. The summed E-state index contributed by atoms with van der Waals surface area (Å²) in [6, 6.07) is 7.90. The third-order valence-electron chi connectivity index (χ3n) is 2.69. The van der Waals surface area contributed by atoms with E-state index in [4.69, 9.17) is 17.3 Å². The van der Waals surface area contributed by atoms with Crippen molar-refractivity contribution >= 4 is 22.9 Å². The summed E-state index contributed by atoms with van der Waals surface area (Å²) in [6.07, 6.45) is 0.789. The van der Waals surface area contributed by atoms with Crippen molar-refractivity contribution in [3.05, 3.63) is 56.7 Å². The van der Waals surface area contributed by atoms with Gasteiger partial charge in [0.1, 0.15) is 0 Å². The van der Waals surface area contributed by atoms with Gasteiger partial charge in [-0.2, -0.15) is 11.3 Å². The maximum absolute atomic E-state index is 6.19. The summed E-state index contributed by atoms with van der Waals surface area (Å²) in [5, 5.41) is 5.05. The van der Waals surface area contributed by atoms with E-state index in [0.29, 0.717) is 0 Å². The van der Waals surface area contributed by atoms with Crippen LogP contribution < -0.4 is 5.73 Å². The van der Waals surface area contributed by atoms with Gasteiger partial charge >= 0.3 is 0 Å². The lowest BCUT2D eigenvalue weighted by Gasteiger charge is -2.12. The first-order valence-corrected chi connectivity index (χ1v) is 6.52. The van der Waals surface area contributed by atoms with Crippen molar-refractivity contribution in [1.82, 2.24) is 0 Å². The number of thiophene rings is 1. The Bertz CT molecular complexity index is 478. The lowest BCUT2D eigenvalue weighted by Crippen LogP contribution is -2.13. The standard InChI is InChI=1S/C13H14ClNS/c1-9-7-16-8-11(9)13(15)6-10-4-2-3-5-12(10)14/h2-5,7-8,13H,6,15H2,1H3. The number of benzene rings is 1. The molecule has 16 heavy (non-hydrogen) atoms. The number of nitrogens with two attached hydrogens (primary N) is 1. The predicted octanol–water partition coefficient (Wildman–Crippen LogP) is 3.95. The van der Waals surface area contributed by atoms with Crippen LogP contribution in [0.15, 0.2) is 35.0 Å². The van der Waals surface area contributed by atoms with Gasteiger partial charge in [0.15, 0.2) is 0 Å². The second-order valence-electron chi connectivity index (χ2n) is 3.91. The molecule has 0 fully saturated rings. The van der Waals surface area contributed by atoms with Gasteiger partial charge in [-0.25, -0.2) is 0 Å². The number of rotatable bonds is 3. The van der Waals surface area contributed by atoms with Crippen LogP contribution in [0.3, 0.4) is 0 Å². The zero-order valence-electron chi connectivity index (χ0n) is 9.11. The van der Waals surface area contributed by atoms with Crippen molar-refractivity contribution < 1.29 is 0 Å². The molecule has 1 aromatic heterocycles. The van der Waals surface area contributed by atoms with Gasteiger partial charge in [-0.05, 0) is 46.9 Å². The second kappa shape index (κ2) is 5.00. The molecular formula is C13H14ClNS. The Morgan fingerprint density at radius 1 is 1.31 bits per heavy atom. The van der Waals surface area contributed by atoms with Gasteiger partial charge in [0.25, 0.3) is 0 Å². The molecule has 1 unspecified atom stereocenters. The Labute approximate surface area is 105 Å². The minimum Gasteiger partial charge on any atom is -0.324 e. The van der Waals surface area contributed by atoms with E-state index in [-0.39, 0.29) is 6.04 Å². The molecule has 84 valence electrons. The van der Waals surface area contributed by atoms with Crippen molar-refractivity contribution in [3.8, 4) is 0 Å². The topological polar surface area (TPSA) is 26.0 Å². The molecule has 2 rings (SSSR count). The number of hydrogen-bond donors (Lipinski definition) is 1. The van der Waals surface area contributed by atoms with E-state index in [1.165, 1.54) is 11.1 Å². The van der Waals surface area contributed by atoms with Gasteiger partial charge in [-0.1, -0.05) is 29.8 Å². The SMILES string of the molecule is Cc1cscc1C(N)Cc1ccccc1Cl. The van der Waals surface area contributed by atoms with Crippen LogP contribution in [0, 0.1) is 6.92 Å². The molecule has 1 nitrogen and oxygen atoms in total. The summed E-state index contributed by atoms with van der Waals surface area (Å²) in [7, 11) is 0. The molecule has 0 bridgehead atoms. The van der Waals surface area contributed by atoms with Crippen LogP contribution in [0.2, 0.25) is 5.02 Å². The Kier molecular flexibility index (Phi) is 3.64. The molecule has 1 heterocycles. The highest BCUT2D eigenvalue weighted by molar-refractivity contribution is 7.08. The van der Waals surface area contributed by atoms with Gasteiger partial charge in [0.2, 0.25) is 0 Å². The Morgan fingerprint density at radius 2 is 2.06 bits per heavy atom. The molecule has 0 saturated heterocycles. The van der Waals surface area contributed by atoms with Gasteiger partial charge in [0, 0.05) is 11.1 Å². The normalized spacial score (nSPS) is 12.7. The van der Waals surface area contributed by atoms with Crippen LogP contribution in [-0.2, 0) is 6.42 Å². The first kappa shape index (κ1) is 11.6. The zero-order chi connectivity index (χ0) is 11.5. The summed E-state index contributed by atoms with van der Waals surface area (Å²) in [4.78, 5) is 0. The first-order chi connectivity index (χ1) is 7.68. The van der Waals surface area contributed by atoms with E-state index in [1.807, 2.05) is 24.3 Å². The monoisotopic (exact) mass is 251 g/mol. The molecule has 0 spiro atoms. The lowest BCUT2D eigenvalue weighted by molar-refractivity contribution is 0.720. The van der Waals surface area contributed by atoms with E-state index in [9.17, 15) is 0 Å². The molecule has 0 radical (unpaired) electrons. The van der Waals surface area contributed by atoms with E-state index < -0.39 is 0 Å². The number of hydrogen-bond acceptors (Lipinski definition) is 2. The number of aryl methyl sites for hydroxylation is 1. The minimum absolute atomic E-state index is 0.0335. The highest BCUT2D eigenvalue weighted by atomic mass is 35.5. The molecule has 1 aromatic carbocycles. The van der Waals surface area contributed by atoms with Crippen molar-refractivity contribution in [2.75, 3.05) is 0 Å². The summed E-state index contributed by atoms with van der Waals surface area (Å²) < 4.78 is 0. The van der Waals surface area contributed by atoms with E-state index in [1.54, 1.807) is 11.3 Å². The molecule has 2 N–H and O–H groups in total. The molecule has 2 aromatic rings. The second-order valence-corrected chi connectivity index (χ2v) is 5.06. The van der Waals surface area contributed by atoms with Crippen LogP contribution in [0.25, 0.3) is 0 Å². The van der Waals surface area contributed by atoms with Crippen LogP contribution >= 0.6 is 22.9 Å². The molecule has 1 atom stereocenters. The molecule has 0 saturated carbocycles. The largest absolute Gasteiger partial charge is 0.324 e. The number of halogens is 1. The molecule has 0 aliphatic rings. The van der Waals surface area contributed by atoms with E-state index in [0.717, 1.165) is 17.0 Å². The molecular weight excluding hydrogens is 238 g/mol. The Morgan fingerprint density at radius 3 is 2.69 bits per heavy atom. The molecule has 0 amide bonds. The lowest BCUT2D eigenvalue weighted by atomic mass is 9.99. The van der Waals surface area contributed by atoms with Crippen molar-refractivity contribution in [2.24, 2.45) is 5.73 Å². The van der Waals surface area contributed by atoms with E-state index in [2.05, 4.69) is 17.7 Å².